The molecule has 7 nitrogen and oxygen atoms in total. The summed E-state index contributed by atoms with van der Waals surface area (Å²) in [7, 11) is 3.14. The quantitative estimate of drug-likeness (QED) is 0.685. The molecule has 142 valence electrons. The molecule has 1 aromatic heterocycles. The maximum Gasteiger partial charge on any atom is 0.257 e. The summed E-state index contributed by atoms with van der Waals surface area (Å²) < 4.78 is 10.2. The number of ether oxygens (including phenoxy) is 2. The number of methoxy groups -OCH3 is 2. The molecule has 2 N–H and O–H groups in total. The van der Waals surface area contributed by atoms with Crippen LogP contribution >= 0.6 is 0 Å². The maximum atomic E-state index is 12.4. The number of hydrogen-bond donors (Lipinski definition) is 2. The molecule has 0 saturated heterocycles. The zero-order valence-corrected chi connectivity index (χ0v) is 15.4. The lowest BCUT2D eigenvalue weighted by molar-refractivity contribution is 0.102. The predicted octanol–water partition coefficient (Wildman–Crippen LogP) is 3.60. The SMILES string of the molecule is COc1ccc(NC(=O)c2cncc(C(=O)Nc3ccc(OC)cc3)c2)cc1. The minimum Gasteiger partial charge on any atom is -0.497 e. The number of amides is 2. The van der Waals surface area contributed by atoms with E-state index in [0.29, 0.717) is 22.9 Å². The molecule has 0 aliphatic carbocycles. The smallest absolute Gasteiger partial charge is 0.257 e. The molecular formula is C21H19N3O4. The lowest BCUT2D eigenvalue weighted by Gasteiger charge is -2.08. The topological polar surface area (TPSA) is 89.5 Å². The highest BCUT2D eigenvalue weighted by Crippen LogP contribution is 2.17. The Morgan fingerprint density at radius 2 is 1.11 bits per heavy atom. The zero-order valence-electron chi connectivity index (χ0n) is 15.4. The number of carbonyl (C=O) groups excluding carboxylic acids is 2. The molecule has 3 rings (SSSR count). The van der Waals surface area contributed by atoms with Gasteiger partial charge in [0.05, 0.1) is 25.3 Å². The van der Waals surface area contributed by atoms with Crippen molar-refractivity contribution in [2.45, 2.75) is 0 Å². The molecule has 2 aromatic carbocycles. The summed E-state index contributed by atoms with van der Waals surface area (Å²) in [6, 6.07) is 15.4. The minimum atomic E-state index is -0.364. The average molecular weight is 377 g/mol. The van der Waals surface area contributed by atoms with Crippen molar-refractivity contribution >= 4 is 23.2 Å². The van der Waals surface area contributed by atoms with E-state index in [9.17, 15) is 9.59 Å². The molecule has 0 aliphatic heterocycles. The fourth-order valence-electron chi connectivity index (χ4n) is 2.44. The van der Waals surface area contributed by atoms with Gasteiger partial charge in [-0.2, -0.15) is 0 Å². The Kier molecular flexibility index (Phi) is 5.86. The first-order chi connectivity index (χ1) is 13.6. The standard InChI is InChI=1S/C21H19N3O4/c1-27-18-7-3-16(4-8-18)23-20(25)14-11-15(13-22-12-14)21(26)24-17-5-9-19(28-2)10-6-17/h3-13H,1-2H3,(H,23,25)(H,24,26). The fourth-order valence-corrected chi connectivity index (χ4v) is 2.44. The second-order valence-electron chi connectivity index (χ2n) is 5.83. The largest absolute Gasteiger partial charge is 0.497 e. The van der Waals surface area contributed by atoms with Crippen LogP contribution in [0, 0.1) is 0 Å². The average Bonchev–Trinajstić information content (AvgIpc) is 2.75. The predicted molar refractivity (Wildman–Crippen MR) is 106 cm³/mol. The summed E-state index contributed by atoms with van der Waals surface area (Å²) in [5.41, 5.74) is 1.77. The van der Waals surface area contributed by atoms with Gasteiger partial charge in [-0.3, -0.25) is 14.6 Å². The summed E-state index contributed by atoms with van der Waals surface area (Å²) in [6.07, 6.45) is 2.81. The number of benzene rings is 2. The maximum absolute atomic E-state index is 12.4. The van der Waals surface area contributed by atoms with E-state index >= 15 is 0 Å². The molecule has 0 radical (unpaired) electrons. The van der Waals surface area contributed by atoms with Gasteiger partial charge in [-0.25, -0.2) is 0 Å². The van der Waals surface area contributed by atoms with Gasteiger partial charge in [-0.15, -0.1) is 0 Å². The molecular weight excluding hydrogens is 358 g/mol. The van der Waals surface area contributed by atoms with E-state index in [-0.39, 0.29) is 22.9 Å². The van der Waals surface area contributed by atoms with Crippen molar-refractivity contribution in [1.82, 2.24) is 4.98 Å². The molecule has 2 amide bonds. The van der Waals surface area contributed by atoms with E-state index in [2.05, 4.69) is 15.6 Å². The summed E-state index contributed by atoms with van der Waals surface area (Å²) >= 11 is 0. The number of carbonyl (C=O) groups is 2. The van der Waals surface area contributed by atoms with E-state index in [1.165, 1.54) is 18.5 Å². The first-order valence-corrected chi connectivity index (χ1v) is 8.45. The monoisotopic (exact) mass is 377 g/mol. The van der Waals surface area contributed by atoms with Crippen LogP contribution in [0.1, 0.15) is 20.7 Å². The van der Waals surface area contributed by atoms with Gasteiger partial charge in [0.2, 0.25) is 0 Å². The van der Waals surface area contributed by atoms with Crippen LogP contribution in [0.3, 0.4) is 0 Å². The molecule has 0 aliphatic rings. The lowest BCUT2D eigenvalue weighted by atomic mass is 10.1. The second-order valence-corrected chi connectivity index (χ2v) is 5.83. The number of aromatic nitrogens is 1. The van der Waals surface area contributed by atoms with Crippen molar-refractivity contribution in [2.75, 3.05) is 24.9 Å². The van der Waals surface area contributed by atoms with Crippen molar-refractivity contribution in [3.63, 3.8) is 0 Å². The van der Waals surface area contributed by atoms with E-state index in [1.54, 1.807) is 62.8 Å². The molecule has 3 aromatic rings. The van der Waals surface area contributed by atoms with Crippen molar-refractivity contribution in [3.05, 3.63) is 78.1 Å². The Balaban J connectivity index is 1.69. The molecule has 0 saturated carbocycles. The van der Waals surface area contributed by atoms with Gasteiger partial charge in [-0.1, -0.05) is 0 Å². The number of rotatable bonds is 6. The highest BCUT2D eigenvalue weighted by Gasteiger charge is 2.12. The Morgan fingerprint density at radius 1 is 0.714 bits per heavy atom. The van der Waals surface area contributed by atoms with Gasteiger partial charge in [-0.05, 0) is 54.6 Å². The van der Waals surface area contributed by atoms with Crippen LogP contribution in [-0.4, -0.2) is 31.0 Å². The van der Waals surface area contributed by atoms with Crippen LogP contribution in [0.15, 0.2) is 67.0 Å². The van der Waals surface area contributed by atoms with Crippen LogP contribution in [-0.2, 0) is 0 Å². The lowest BCUT2D eigenvalue weighted by Crippen LogP contribution is -2.16. The summed E-state index contributed by atoms with van der Waals surface area (Å²) in [5.74, 6) is 0.655. The third kappa shape index (κ3) is 4.64. The second kappa shape index (κ2) is 8.68. The van der Waals surface area contributed by atoms with E-state index in [1.807, 2.05) is 0 Å². The Hall–Kier alpha value is -3.87. The summed E-state index contributed by atoms with van der Waals surface area (Å²) in [5, 5.41) is 5.52. The molecule has 0 unspecified atom stereocenters. The Bertz CT molecular complexity index is 893. The molecule has 0 atom stereocenters. The van der Waals surface area contributed by atoms with Crippen molar-refractivity contribution in [1.29, 1.82) is 0 Å². The van der Waals surface area contributed by atoms with Crippen molar-refractivity contribution in [3.8, 4) is 11.5 Å². The number of hydrogen-bond acceptors (Lipinski definition) is 5. The summed E-state index contributed by atoms with van der Waals surface area (Å²) in [4.78, 5) is 28.9. The van der Waals surface area contributed by atoms with Crippen molar-refractivity contribution in [2.24, 2.45) is 0 Å². The molecule has 0 fully saturated rings. The van der Waals surface area contributed by atoms with Crippen LogP contribution in [0.25, 0.3) is 0 Å². The Morgan fingerprint density at radius 3 is 1.46 bits per heavy atom. The first-order valence-electron chi connectivity index (χ1n) is 8.45. The van der Waals surface area contributed by atoms with Gasteiger partial charge in [0.25, 0.3) is 11.8 Å². The molecule has 0 bridgehead atoms. The third-order valence-electron chi connectivity index (χ3n) is 3.96. The zero-order chi connectivity index (χ0) is 19.9. The van der Waals surface area contributed by atoms with Crippen LogP contribution in [0.2, 0.25) is 0 Å². The molecule has 7 heteroatoms. The normalized spacial score (nSPS) is 10.1. The van der Waals surface area contributed by atoms with Crippen molar-refractivity contribution < 1.29 is 19.1 Å². The molecule has 0 spiro atoms. The van der Waals surface area contributed by atoms with E-state index in [0.717, 1.165) is 0 Å². The molecule has 1 heterocycles. The third-order valence-corrected chi connectivity index (χ3v) is 3.96. The number of pyridine rings is 1. The van der Waals surface area contributed by atoms with Gasteiger partial charge in [0.1, 0.15) is 11.5 Å². The molecule has 28 heavy (non-hydrogen) atoms. The fraction of sp³-hybridized carbons (Fsp3) is 0.0952. The van der Waals surface area contributed by atoms with Gasteiger partial charge in [0.15, 0.2) is 0 Å². The van der Waals surface area contributed by atoms with Crippen LogP contribution in [0.5, 0.6) is 11.5 Å². The minimum absolute atomic E-state index is 0.276. The number of nitrogens with one attached hydrogen (secondary N) is 2. The summed E-state index contributed by atoms with van der Waals surface area (Å²) in [6.45, 7) is 0. The Labute approximate surface area is 162 Å². The number of anilines is 2. The van der Waals surface area contributed by atoms with E-state index in [4.69, 9.17) is 9.47 Å². The van der Waals surface area contributed by atoms with Gasteiger partial charge in [0, 0.05) is 23.8 Å². The highest BCUT2D eigenvalue weighted by atomic mass is 16.5. The number of nitrogens with zero attached hydrogens (tertiary/aromatic N) is 1. The first kappa shape index (κ1) is 18.9. The highest BCUT2D eigenvalue weighted by molar-refractivity contribution is 6.08. The van der Waals surface area contributed by atoms with Gasteiger partial charge >= 0.3 is 0 Å². The van der Waals surface area contributed by atoms with Crippen LogP contribution in [0.4, 0.5) is 11.4 Å². The van der Waals surface area contributed by atoms with E-state index < -0.39 is 0 Å². The van der Waals surface area contributed by atoms with Crippen LogP contribution < -0.4 is 20.1 Å². The van der Waals surface area contributed by atoms with Gasteiger partial charge < -0.3 is 20.1 Å².